The first kappa shape index (κ1) is 13.6. The van der Waals surface area contributed by atoms with Crippen molar-refractivity contribution in [2.45, 2.75) is 33.1 Å². The zero-order valence-electron chi connectivity index (χ0n) is 11.1. The number of carbonyl (C=O) groups is 1. The molecule has 1 atom stereocenters. The van der Waals surface area contributed by atoms with Gasteiger partial charge in [-0.15, -0.1) is 11.3 Å². The summed E-state index contributed by atoms with van der Waals surface area (Å²) in [6.07, 6.45) is 3.31. The average Bonchev–Trinajstić information content (AvgIpc) is 2.77. The van der Waals surface area contributed by atoms with E-state index in [4.69, 9.17) is 5.11 Å². The molecule has 4 heteroatoms. The maximum absolute atomic E-state index is 12.4. The van der Waals surface area contributed by atoms with Gasteiger partial charge in [0.2, 0.25) is 0 Å². The Morgan fingerprint density at radius 3 is 3.06 bits per heavy atom. The molecule has 2 rings (SSSR count). The van der Waals surface area contributed by atoms with E-state index in [0.29, 0.717) is 13.1 Å². The Hall–Kier alpha value is -0.870. The smallest absolute Gasteiger partial charge is 0.255 e. The Bertz CT molecular complexity index is 427. The van der Waals surface area contributed by atoms with Crippen LogP contribution in [0.2, 0.25) is 0 Å². The van der Waals surface area contributed by atoms with Crippen LogP contribution < -0.4 is 0 Å². The number of carbonyl (C=O) groups excluding carboxylic acids is 1. The molecule has 0 spiro atoms. The van der Waals surface area contributed by atoms with Gasteiger partial charge in [-0.05, 0) is 37.7 Å². The Morgan fingerprint density at radius 2 is 2.39 bits per heavy atom. The first-order valence-electron chi connectivity index (χ1n) is 6.66. The molecule has 0 aromatic carbocycles. The summed E-state index contributed by atoms with van der Waals surface area (Å²) in [7, 11) is 0. The molecule has 1 aromatic rings. The minimum Gasteiger partial charge on any atom is -0.395 e. The minimum absolute atomic E-state index is 0.0307. The maximum atomic E-state index is 12.4. The van der Waals surface area contributed by atoms with Crippen LogP contribution >= 0.6 is 11.3 Å². The summed E-state index contributed by atoms with van der Waals surface area (Å²) in [6.45, 7) is 5.34. The Balaban J connectivity index is 2.21. The number of nitrogens with zero attached hydrogens (tertiary/aromatic N) is 1. The van der Waals surface area contributed by atoms with Crippen LogP contribution in [0.15, 0.2) is 5.38 Å². The van der Waals surface area contributed by atoms with Crippen LogP contribution in [0, 0.1) is 5.92 Å². The van der Waals surface area contributed by atoms with Crippen LogP contribution in [0.3, 0.4) is 0 Å². The molecular weight excluding hydrogens is 246 g/mol. The van der Waals surface area contributed by atoms with E-state index in [2.05, 4.69) is 6.92 Å². The van der Waals surface area contributed by atoms with Crippen LogP contribution in [0.4, 0.5) is 0 Å². The van der Waals surface area contributed by atoms with Gasteiger partial charge in [-0.25, -0.2) is 0 Å². The molecule has 18 heavy (non-hydrogen) atoms. The van der Waals surface area contributed by atoms with Crippen LogP contribution in [0.25, 0.3) is 0 Å². The molecule has 0 fully saturated rings. The van der Waals surface area contributed by atoms with Gasteiger partial charge in [0, 0.05) is 23.3 Å². The second-order valence-corrected chi connectivity index (χ2v) is 5.97. The zero-order chi connectivity index (χ0) is 13.1. The number of aliphatic hydroxyl groups is 1. The van der Waals surface area contributed by atoms with E-state index in [9.17, 15) is 4.79 Å². The summed E-state index contributed by atoms with van der Waals surface area (Å²) in [5, 5.41) is 11.0. The molecule has 0 saturated carbocycles. The van der Waals surface area contributed by atoms with Crippen LogP contribution in [0.1, 0.15) is 41.1 Å². The average molecular weight is 267 g/mol. The van der Waals surface area contributed by atoms with E-state index in [1.54, 1.807) is 16.2 Å². The van der Waals surface area contributed by atoms with E-state index in [1.807, 2.05) is 12.3 Å². The van der Waals surface area contributed by atoms with E-state index >= 15 is 0 Å². The summed E-state index contributed by atoms with van der Waals surface area (Å²) in [5.41, 5.74) is 2.14. The maximum Gasteiger partial charge on any atom is 0.255 e. The highest BCUT2D eigenvalue weighted by molar-refractivity contribution is 7.10. The van der Waals surface area contributed by atoms with Crippen molar-refractivity contribution in [3.8, 4) is 0 Å². The molecule has 0 aliphatic heterocycles. The van der Waals surface area contributed by atoms with Crippen molar-refractivity contribution in [2.75, 3.05) is 19.7 Å². The van der Waals surface area contributed by atoms with Crippen LogP contribution in [-0.4, -0.2) is 35.6 Å². The second kappa shape index (κ2) is 5.85. The highest BCUT2D eigenvalue weighted by atomic mass is 32.1. The van der Waals surface area contributed by atoms with Crippen molar-refractivity contribution in [1.82, 2.24) is 4.90 Å². The monoisotopic (exact) mass is 267 g/mol. The van der Waals surface area contributed by atoms with Crippen molar-refractivity contribution in [1.29, 1.82) is 0 Å². The molecule has 1 unspecified atom stereocenters. The predicted octanol–water partition coefficient (Wildman–Crippen LogP) is 2.33. The highest BCUT2D eigenvalue weighted by Crippen LogP contribution is 2.33. The van der Waals surface area contributed by atoms with Gasteiger partial charge in [0.1, 0.15) is 0 Å². The molecule has 3 nitrogen and oxygen atoms in total. The molecule has 1 aromatic heterocycles. The van der Waals surface area contributed by atoms with Gasteiger partial charge < -0.3 is 10.0 Å². The highest BCUT2D eigenvalue weighted by Gasteiger charge is 2.25. The van der Waals surface area contributed by atoms with Gasteiger partial charge in [0.05, 0.1) is 12.2 Å². The fraction of sp³-hybridized carbons (Fsp3) is 0.643. The van der Waals surface area contributed by atoms with Crippen molar-refractivity contribution < 1.29 is 9.90 Å². The normalized spacial score (nSPS) is 18.5. The summed E-state index contributed by atoms with van der Waals surface area (Å²) in [6, 6.07) is 0. The number of hydrogen-bond donors (Lipinski definition) is 1. The van der Waals surface area contributed by atoms with Gasteiger partial charge >= 0.3 is 0 Å². The van der Waals surface area contributed by atoms with E-state index in [1.165, 1.54) is 16.9 Å². The fourth-order valence-electron chi connectivity index (χ4n) is 2.55. The van der Waals surface area contributed by atoms with Crippen molar-refractivity contribution in [2.24, 2.45) is 5.92 Å². The summed E-state index contributed by atoms with van der Waals surface area (Å²) < 4.78 is 0. The molecule has 100 valence electrons. The first-order valence-corrected chi connectivity index (χ1v) is 7.54. The number of amides is 1. The zero-order valence-corrected chi connectivity index (χ0v) is 11.9. The molecule has 1 aliphatic rings. The van der Waals surface area contributed by atoms with E-state index in [0.717, 1.165) is 24.3 Å². The lowest BCUT2D eigenvalue weighted by atomic mass is 9.88. The summed E-state index contributed by atoms with van der Waals surface area (Å²) in [4.78, 5) is 15.5. The molecule has 1 amide bonds. The second-order valence-electron chi connectivity index (χ2n) is 5.01. The first-order chi connectivity index (χ1) is 8.67. The standard InChI is InChI=1S/C14H21NO2S/c1-3-15(6-7-16)14(17)12-9-18-13-8-10(2)4-5-11(12)13/h9-10,16H,3-8H2,1-2H3. The number of fused-ring (bicyclic) bond motifs is 1. The lowest BCUT2D eigenvalue weighted by Gasteiger charge is -2.22. The Morgan fingerprint density at radius 1 is 1.61 bits per heavy atom. The van der Waals surface area contributed by atoms with Gasteiger partial charge in [-0.1, -0.05) is 6.92 Å². The predicted molar refractivity (Wildman–Crippen MR) is 74.2 cm³/mol. The SMILES string of the molecule is CCN(CCO)C(=O)c1csc2c1CCC(C)C2. The van der Waals surface area contributed by atoms with Crippen molar-refractivity contribution in [3.05, 3.63) is 21.4 Å². The molecule has 1 aliphatic carbocycles. The number of hydrogen-bond acceptors (Lipinski definition) is 3. The number of likely N-dealkylation sites (N-methyl/N-ethyl adjacent to an activating group) is 1. The summed E-state index contributed by atoms with van der Waals surface area (Å²) >= 11 is 1.72. The lowest BCUT2D eigenvalue weighted by molar-refractivity contribution is 0.0731. The molecule has 0 radical (unpaired) electrons. The molecule has 1 N–H and O–H groups in total. The topological polar surface area (TPSA) is 40.5 Å². The van der Waals surface area contributed by atoms with Gasteiger partial charge in [0.25, 0.3) is 5.91 Å². The van der Waals surface area contributed by atoms with E-state index < -0.39 is 0 Å². The van der Waals surface area contributed by atoms with Gasteiger partial charge in [-0.3, -0.25) is 4.79 Å². The third-order valence-corrected chi connectivity index (χ3v) is 4.72. The third kappa shape index (κ3) is 2.59. The summed E-state index contributed by atoms with van der Waals surface area (Å²) in [5.74, 6) is 0.817. The number of rotatable bonds is 4. The molecule has 1 heterocycles. The van der Waals surface area contributed by atoms with Gasteiger partial charge in [-0.2, -0.15) is 0 Å². The van der Waals surface area contributed by atoms with Crippen LogP contribution in [-0.2, 0) is 12.8 Å². The molecular formula is C14H21NO2S. The van der Waals surface area contributed by atoms with Gasteiger partial charge in [0.15, 0.2) is 0 Å². The number of thiophene rings is 1. The third-order valence-electron chi connectivity index (χ3n) is 3.67. The van der Waals surface area contributed by atoms with E-state index in [-0.39, 0.29) is 12.5 Å². The quantitative estimate of drug-likeness (QED) is 0.909. The van der Waals surface area contributed by atoms with Crippen molar-refractivity contribution >= 4 is 17.2 Å². The Labute approximate surface area is 112 Å². The molecule has 0 bridgehead atoms. The number of aliphatic hydroxyl groups excluding tert-OH is 1. The van der Waals surface area contributed by atoms with Crippen molar-refractivity contribution in [3.63, 3.8) is 0 Å². The fourth-order valence-corrected chi connectivity index (χ4v) is 3.79. The minimum atomic E-state index is 0.0307. The largest absolute Gasteiger partial charge is 0.395 e. The molecule has 0 saturated heterocycles. The lowest BCUT2D eigenvalue weighted by Crippen LogP contribution is -2.33. The Kier molecular flexibility index (Phi) is 4.40. The van der Waals surface area contributed by atoms with Crippen LogP contribution in [0.5, 0.6) is 0 Å².